The molecule has 0 aliphatic carbocycles. The van der Waals surface area contributed by atoms with Gasteiger partial charge in [-0.25, -0.2) is 0 Å². The molecule has 2 atom stereocenters. The number of benzene rings is 1. The first-order valence-corrected chi connectivity index (χ1v) is 8.79. The van der Waals surface area contributed by atoms with E-state index < -0.39 is 0 Å². The van der Waals surface area contributed by atoms with Crippen LogP contribution in [0.15, 0.2) is 24.3 Å². The molecule has 2 fully saturated rings. The number of hydrogen-bond donors (Lipinski definition) is 1. The average molecular weight is 331 g/mol. The van der Waals surface area contributed by atoms with Crippen LogP contribution in [0.1, 0.15) is 31.2 Å². The molecular formula is C19H29N3O2. The van der Waals surface area contributed by atoms with Gasteiger partial charge < -0.3 is 19.6 Å². The van der Waals surface area contributed by atoms with E-state index in [2.05, 4.69) is 22.9 Å². The fourth-order valence-corrected chi connectivity index (χ4v) is 3.19. The third-order valence-electron chi connectivity index (χ3n) is 4.45. The van der Waals surface area contributed by atoms with Crippen molar-refractivity contribution >= 4 is 0 Å². The van der Waals surface area contributed by atoms with Crippen molar-refractivity contribution in [3.63, 3.8) is 0 Å². The Morgan fingerprint density at radius 2 is 1.83 bits per heavy atom. The van der Waals surface area contributed by atoms with Crippen LogP contribution in [-0.2, 0) is 0 Å². The maximum absolute atomic E-state index is 9.04. The van der Waals surface area contributed by atoms with E-state index in [4.69, 9.17) is 15.1 Å². The highest BCUT2D eigenvalue weighted by Crippen LogP contribution is 2.18. The quantitative estimate of drug-likeness (QED) is 0.899. The molecule has 24 heavy (non-hydrogen) atoms. The Bertz CT molecular complexity index is 536. The van der Waals surface area contributed by atoms with Gasteiger partial charge in [-0.2, -0.15) is 5.26 Å². The van der Waals surface area contributed by atoms with E-state index in [-0.39, 0.29) is 12.2 Å². The lowest BCUT2D eigenvalue weighted by molar-refractivity contribution is 0.0846. The normalized spacial score (nSPS) is 25.2. The number of rotatable bonds is 2. The lowest BCUT2D eigenvalue weighted by Gasteiger charge is -2.30. The summed E-state index contributed by atoms with van der Waals surface area (Å²) in [6.07, 6.45) is 4.61. The van der Waals surface area contributed by atoms with Crippen LogP contribution in [0.3, 0.4) is 0 Å². The number of aliphatic hydroxyl groups excluding tert-OH is 1. The molecule has 0 spiro atoms. The summed E-state index contributed by atoms with van der Waals surface area (Å²) in [4.78, 5) is 4.44. The van der Waals surface area contributed by atoms with Gasteiger partial charge in [0, 0.05) is 13.1 Å². The van der Waals surface area contributed by atoms with Crippen molar-refractivity contribution in [1.82, 2.24) is 9.80 Å². The highest BCUT2D eigenvalue weighted by atomic mass is 16.5. The van der Waals surface area contributed by atoms with E-state index in [9.17, 15) is 0 Å². The van der Waals surface area contributed by atoms with Gasteiger partial charge in [0.2, 0.25) is 0 Å². The van der Waals surface area contributed by atoms with Crippen LogP contribution in [-0.4, -0.2) is 67.4 Å². The monoisotopic (exact) mass is 331 g/mol. The minimum absolute atomic E-state index is 0.0613. The fourth-order valence-electron chi connectivity index (χ4n) is 3.19. The molecule has 5 heteroatoms. The Kier molecular flexibility index (Phi) is 7.51. The molecule has 2 aliphatic rings. The summed E-state index contributed by atoms with van der Waals surface area (Å²) in [5.74, 6) is 0.805. The zero-order valence-electron chi connectivity index (χ0n) is 14.8. The van der Waals surface area contributed by atoms with Gasteiger partial charge in [-0.1, -0.05) is 6.07 Å². The number of nitriles is 1. The maximum Gasteiger partial charge on any atom is 0.121 e. The van der Waals surface area contributed by atoms with Gasteiger partial charge in [0.05, 0.1) is 17.7 Å². The third-order valence-corrected chi connectivity index (χ3v) is 4.45. The highest BCUT2D eigenvalue weighted by molar-refractivity contribution is 5.36. The van der Waals surface area contributed by atoms with Crippen molar-refractivity contribution in [1.29, 1.82) is 5.26 Å². The van der Waals surface area contributed by atoms with Crippen LogP contribution in [0.5, 0.6) is 5.75 Å². The van der Waals surface area contributed by atoms with Crippen LogP contribution >= 0.6 is 0 Å². The van der Waals surface area contributed by atoms with Gasteiger partial charge in [0.25, 0.3) is 0 Å². The second-order valence-corrected chi connectivity index (χ2v) is 6.84. The standard InChI is InChI=1S/C13H16N2O.C6H13NO/c1-15-7-3-6-13(10-15)16-12-5-2-4-11(8-12)9-14;1-7-4-2-3-6(8)5-7/h2,4-5,8,13H,3,6-7,10H2,1H3;6,8H,2-5H2,1H3. The van der Waals surface area contributed by atoms with E-state index in [1.165, 1.54) is 6.42 Å². The van der Waals surface area contributed by atoms with E-state index in [0.29, 0.717) is 5.56 Å². The van der Waals surface area contributed by atoms with Crippen molar-refractivity contribution < 1.29 is 9.84 Å². The Morgan fingerprint density at radius 3 is 2.42 bits per heavy atom. The first-order chi connectivity index (χ1) is 11.6. The first-order valence-electron chi connectivity index (χ1n) is 8.79. The predicted molar refractivity (Wildman–Crippen MR) is 95.0 cm³/mol. The zero-order chi connectivity index (χ0) is 17.4. The number of β-amino-alcohol motifs (C(OH)–C–C–N with tert-alkyl or cyclic N) is 1. The molecule has 0 aromatic heterocycles. The number of nitrogens with zero attached hydrogens (tertiary/aromatic N) is 3. The minimum Gasteiger partial charge on any atom is -0.489 e. The number of likely N-dealkylation sites (N-methyl/N-ethyl adjacent to an activating group) is 2. The second kappa shape index (κ2) is 9.63. The summed E-state index contributed by atoms with van der Waals surface area (Å²) in [5, 5.41) is 17.8. The average Bonchev–Trinajstić information content (AvgIpc) is 2.55. The van der Waals surface area contributed by atoms with Crippen LogP contribution in [0.2, 0.25) is 0 Å². The molecular weight excluding hydrogens is 302 g/mol. The summed E-state index contributed by atoms with van der Waals surface area (Å²) in [6.45, 7) is 4.13. The first kappa shape index (κ1) is 18.7. The fraction of sp³-hybridized carbons (Fsp3) is 0.632. The molecule has 0 saturated carbocycles. The summed E-state index contributed by atoms with van der Waals surface area (Å²) in [6, 6.07) is 9.49. The molecule has 132 valence electrons. The number of likely N-dealkylation sites (tertiary alicyclic amines) is 2. The molecule has 2 aliphatic heterocycles. The van der Waals surface area contributed by atoms with Crippen molar-refractivity contribution in [3.8, 4) is 11.8 Å². The van der Waals surface area contributed by atoms with E-state index in [0.717, 1.165) is 51.2 Å². The summed E-state index contributed by atoms with van der Waals surface area (Å²) >= 11 is 0. The molecule has 0 amide bonds. The molecule has 3 rings (SSSR count). The van der Waals surface area contributed by atoms with E-state index in [1.807, 2.05) is 19.2 Å². The number of piperidine rings is 2. The zero-order valence-corrected chi connectivity index (χ0v) is 14.8. The van der Waals surface area contributed by atoms with E-state index >= 15 is 0 Å². The Morgan fingerprint density at radius 1 is 1.12 bits per heavy atom. The molecule has 2 saturated heterocycles. The Labute approximate surface area is 145 Å². The van der Waals surface area contributed by atoms with Gasteiger partial charge in [-0.05, 0) is 71.1 Å². The van der Waals surface area contributed by atoms with Crippen LogP contribution in [0, 0.1) is 11.3 Å². The number of ether oxygens (including phenoxy) is 1. The van der Waals surface area contributed by atoms with Crippen LogP contribution in [0.25, 0.3) is 0 Å². The Hall–Kier alpha value is -1.61. The molecule has 2 heterocycles. The van der Waals surface area contributed by atoms with Crippen molar-refractivity contribution in [2.24, 2.45) is 0 Å². The minimum atomic E-state index is -0.0613. The molecule has 1 N–H and O–H groups in total. The molecule has 0 bridgehead atoms. The second-order valence-electron chi connectivity index (χ2n) is 6.84. The van der Waals surface area contributed by atoms with Gasteiger partial charge in [-0.15, -0.1) is 0 Å². The molecule has 2 unspecified atom stereocenters. The maximum atomic E-state index is 9.04. The van der Waals surface area contributed by atoms with Crippen LogP contribution < -0.4 is 4.74 Å². The lowest BCUT2D eigenvalue weighted by Crippen LogP contribution is -2.38. The predicted octanol–water partition coefficient (Wildman–Crippen LogP) is 2.10. The molecule has 1 aromatic carbocycles. The van der Waals surface area contributed by atoms with Crippen molar-refractivity contribution in [3.05, 3.63) is 29.8 Å². The van der Waals surface area contributed by atoms with Gasteiger partial charge in [0.15, 0.2) is 0 Å². The summed E-state index contributed by atoms with van der Waals surface area (Å²) in [5.41, 5.74) is 0.654. The third kappa shape index (κ3) is 6.48. The molecule has 1 aromatic rings. The lowest BCUT2D eigenvalue weighted by atomic mass is 10.1. The van der Waals surface area contributed by atoms with Gasteiger partial charge in [0.1, 0.15) is 11.9 Å². The highest BCUT2D eigenvalue weighted by Gasteiger charge is 2.18. The largest absolute Gasteiger partial charge is 0.489 e. The Balaban J connectivity index is 0.000000219. The van der Waals surface area contributed by atoms with Crippen LogP contribution in [0.4, 0.5) is 0 Å². The smallest absolute Gasteiger partial charge is 0.121 e. The van der Waals surface area contributed by atoms with Crippen molar-refractivity contribution in [2.45, 2.75) is 37.9 Å². The molecule has 5 nitrogen and oxygen atoms in total. The summed E-state index contributed by atoms with van der Waals surface area (Å²) < 4.78 is 5.88. The topological polar surface area (TPSA) is 59.7 Å². The van der Waals surface area contributed by atoms with Crippen molar-refractivity contribution in [2.75, 3.05) is 40.3 Å². The van der Waals surface area contributed by atoms with Gasteiger partial charge in [-0.3, -0.25) is 0 Å². The SMILES string of the molecule is CN1CCCC(O)C1.CN1CCCC(Oc2cccc(C#N)c2)C1. The number of aliphatic hydroxyl groups is 1. The summed E-state index contributed by atoms with van der Waals surface area (Å²) in [7, 11) is 4.16. The van der Waals surface area contributed by atoms with E-state index in [1.54, 1.807) is 12.1 Å². The number of hydrogen-bond acceptors (Lipinski definition) is 5. The molecule has 0 radical (unpaired) electrons. The van der Waals surface area contributed by atoms with Gasteiger partial charge >= 0.3 is 0 Å².